The Hall–Kier alpha value is -4.25. The van der Waals surface area contributed by atoms with Crippen LogP contribution in [-0.2, 0) is 10.0 Å². The van der Waals surface area contributed by atoms with Crippen molar-refractivity contribution in [2.45, 2.75) is 4.90 Å². The molecule has 0 bridgehead atoms. The summed E-state index contributed by atoms with van der Waals surface area (Å²) in [5.74, 6) is -0.373. The lowest BCUT2D eigenvalue weighted by atomic mass is 10.1. The molecule has 0 fully saturated rings. The van der Waals surface area contributed by atoms with Crippen LogP contribution in [0.4, 0.5) is 11.6 Å². The minimum atomic E-state index is -3.87. The Balaban J connectivity index is 1.48. The number of H-pyrrole nitrogens is 1. The second-order valence-electron chi connectivity index (χ2n) is 6.68. The summed E-state index contributed by atoms with van der Waals surface area (Å²) in [7, 11) is -2.50. The average Bonchev–Trinajstić information content (AvgIpc) is 3.30. The Bertz CT molecular complexity index is 1350. The van der Waals surface area contributed by atoms with E-state index in [0.717, 1.165) is 4.31 Å². The molecule has 4 rings (SSSR count). The van der Waals surface area contributed by atoms with E-state index in [2.05, 4.69) is 25.5 Å². The van der Waals surface area contributed by atoms with Crippen LogP contribution in [0.15, 0.2) is 78.0 Å². The zero-order valence-corrected chi connectivity index (χ0v) is 17.6. The van der Waals surface area contributed by atoms with Crippen molar-refractivity contribution < 1.29 is 18.3 Å². The average molecular weight is 450 g/mol. The Morgan fingerprint density at radius 3 is 2.41 bits per heavy atom. The number of hydrogen-bond donors (Lipinski definition) is 3. The molecule has 0 atom stereocenters. The third-order valence-electron chi connectivity index (χ3n) is 4.61. The highest BCUT2D eigenvalue weighted by molar-refractivity contribution is 7.92. The molecule has 162 valence electrons. The number of aromatic nitrogens is 4. The van der Waals surface area contributed by atoms with E-state index >= 15 is 0 Å². The van der Waals surface area contributed by atoms with Crippen molar-refractivity contribution >= 4 is 27.6 Å². The third-order valence-corrected chi connectivity index (χ3v) is 6.36. The number of benzene rings is 2. The second-order valence-corrected chi connectivity index (χ2v) is 8.65. The molecule has 0 saturated carbocycles. The van der Waals surface area contributed by atoms with Gasteiger partial charge in [-0.3, -0.25) is 9.89 Å². The zero-order valence-electron chi connectivity index (χ0n) is 16.8. The SMILES string of the molecule is CN(c1ncccn1)S(=O)(=O)c1ccc(NC(=O)c2cc(-c3ccccc3O)n[nH]2)cc1. The number of phenols is 1. The van der Waals surface area contributed by atoms with Crippen molar-refractivity contribution in [2.75, 3.05) is 16.7 Å². The van der Waals surface area contributed by atoms with Gasteiger partial charge in [-0.2, -0.15) is 5.10 Å². The molecular weight excluding hydrogens is 432 g/mol. The van der Waals surface area contributed by atoms with Gasteiger partial charge < -0.3 is 10.4 Å². The number of phenolic OH excluding ortho intramolecular Hbond substituents is 1. The fraction of sp³-hybridized carbons (Fsp3) is 0.0476. The number of nitrogens with zero attached hydrogens (tertiary/aromatic N) is 4. The first-order valence-corrected chi connectivity index (χ1v) is 10.8. The van der Waals surface area contributed by atoms with Gasteiger partial charge in [0.1, 0.15) is 11.4 Å². The van der Waals surface area contributed by atoms with E-state index in [0.29, 0.717) is 16.9 Å². The molecule has 32 heavy (non-hydrogen) atoms. The highest BCUT2D eigenvalue weighted by Crippen LogP contribution is 2.27. The van der Waals surface area contributed by atoms with Gasteiger partial charge in [0.05, 0.1) is 10.6 Å². The van der Waals surface area contributed by atoms with Gasteiger partial charge in [0.25, 0.3) is 15.9 Å². The number of carbonyl (C=O) groups is 1. The Morgan fingerprint density at radius 1 is 1.03 bits per heavy atom. The molecule has 11 heteroatoms. The predicted octanol–water partition coefficient (Wildman–Crippen LogP) is 2.65. The number of para-hydroxylation sites is 1. The molecule has 10 nitrogen and oxygen atoms in total. The minimum Gasteiger partial charge on any atom is -0.507 e. The molecular formula is C21H18N6O4S. The first-order valence-electron chi connectivity index (χ1n) is 9.37. The summed E-state index contributed by atoms with van der Waals surface area (Å²) in [5, 5.41) is 19.3. The van der Waals surface area contributed by atoms with E-state index < -0.39 is 15.9 Å². The van der Waals surface area contributed by atoms with Crippen LogP contribution in [0.25, 0.3) is 11.3 Å². The number of nitrogens with one attached hydrogen (secondary N) is 2. The standard InChI is InChI=1S/C21H18N6O4S/c1-27(21-22-11-4-12-23-21)32(30,31)15-9-7-14(8-10-15)24-20(29)18-13-17(25-26-18)16-5-2-3-6-19(16)28/h2-13,28H,1H3,(H,24,29)(H,25,26). The van der Waals surface area contributed by atoms with Gasteiger partial charge in [-0.15, -0.1) is 0 Å². The summed E-state index contributed by atoms with van der Waals surface area (Å²) in [4.78, 5) is 20.4. The third kappa shape index (κ3) is 4.14. The number of carbonyl (C=O) groups excluding carboxylic acids is 1. The maximum Gasteiger partial charge on any atom is 0.273 e. The van der Waals surface area contributed by atoms with Crippen LogP contribution in [0.2, 0.25) is 0 Å². The summed E-state index contributed by atoms with van der Waals surface area (Å²) in [6.45, 7) is 0. The van der Waals surface area contributed by atoms with Crippen LogP contribution in [-0.4, -0.2) is 46.6 Å². The largest absolute Gasteiger partial charge is 0.507 e. The summed E-state index contributed by atoms with van der Waals surface area (Å²) < 4.78 is 26.5. The lowest BCUT2D eigenvalue weighted by Crippen LogP contribution is -2.28. The molecule has 3 N–H and O–H groups in total. The Morgan fingerprint density at radius 2 is 1.72 bits per heavy atom. The van der Waals surface area contributed by atoms with E-state index in [-0.39, 0.29) is 22.3 Å². The summed E-state index contributed by atoms with van der Waals surface area (Å²) in [6, 6.07) is 15.5. The number of amides is 1. The van der Waals surface area contributed by atoms with Gasteiger partial charge in [0.15, 0.2) is 0 Å². The monoisotopic (exact) mass is 450 g/mol. The number of aromatic hydroxyl groups is 1. The topological polar surface area (TPSA) is 141 Å². The van der Waals surface area contributed by atoms with E-state index in [4.69, 9.17) is 0 Å². The summed E-state index contributed by atoms with van der Waals surface area (Å²) >= 11 is 0. The molecule has 0 saturated heterocycles. The van der Waals surface area contributed by atoms with Crippen LogP contribution in [0.3, 0.4) is 0 Å². The molecule has 0 aliphatic heterocycles. The quantitative estimate of drug-likeness (QED) is 0.410. The molecule has 2 heterocycles. The van der Waals surface area contributed by atoms with E-state index in [1.54, 1.807) is 24.3 Å². The predicted molar refractivity (Wildman–Crippen MR) is 118 cm³/mol. The van der Waals surface area contributed by atoms with Crippen molar-refractivity contribution in [3.63, 3.8) is 0 Å². The molecule has 2 aromatic carbocycles. The smallest absolute Gasteiger partial charge is 0.273 e. The fourth-order valence-corrected chi connectivity index (χ4v) is 4.00. The normalized spacial score (nSPS) is 11.2. The van der Waals surface area contributed by atoms with Crippen LogP contribution < -0.4 is 9.62 Å². The fourth-order valence-electron chi connectivity index (χ4n) is 2.89. The number of aromatic amines is 1. The Kier molecular flexibility index (Phi) is 5.56. The number of rotatable bonds is 6. The number of hydrogen-bond acceptors (Lipinski definition) is 7. The maximum atomic E-state index is 12.8. The second kappa shape index (κ2) is 8.47. The van der Waals surface area contributed by atoms with Gasteiger partial charge in [-0.05, 0) is 48.5 Å². The van der Waals surface area contributed by atoms with Crippen LogP contribution in [0.1, 0.15) is 10.5 Å². The van der Waals surface area contributed by atoms with Crippen LogP contribution in [0.5, 0.6) is 5.75 Å². The molecule has 1 amide bonds. The minimum absolute atomic E-state index is 0.0221. The van der Waals surface area contributed by atoms with Gasteiger partial charge in [-0.1, -0.05) is 12.1 Å². The van der Waals surface area contributed by atoms with Gasteiger partial charge in [-0.25, -0.2) is 22.7 Å². The van der Waals surface area contributed by atoms with Crippen molar-refractivity contribution in [1.29, 1.82) is 0 Å². The summed E-state index contributed by atoms with van der Waals surface area (Å²) in [6.07, 6.45) is 2.90. The van der Waals surface area contributed by atoms with E-state index in [1.165, 1.54) is 55.8 Å². The van der Waals surface area contributed by atoms with Crippen molar-refractivity contribution in [3.05, 3.63) is 78.8 Å². The van der Waals surface area contributed by atoms with Crippen LogP contribution in [0, 0.1) is 0 Å². The molecule has 0 unspecified atom stereocenters. The van der Waals surface area contributed by atoms with Crippen LogP contribution >= 0.6 is 0 Å². The van der Waals surface area contributed by atoms with Gasteiger partial charge in [0, 0.05) is 30.7 Å². The highest BCUT2D eigenvalue weighted by atomic mass is 32.2. The van der Waals surface area contributed by atoms with E-state index in [1.807, 2.05) is 0 Å². The molecule has 4 aromatic rings. The van der Waals surface area contributed by atoms with Crippen molar-refractivity contribution in [1.82, 2.24) is 20.2 Å². The first-order chi connectivity index (χ1) is 15.4. The lowest BCUT2D eigenvalue weighted by Gasteiger charge is -2.17. The lowest BCUT2D eigenvalue weighted by molar-refractivity contribution is 0.102. The number of anilines is 2. The first kappa shape index (κ1) is 21.0. The molecule has 0 aliphatic carbocycles. The van der Waals surface area contributed by atoms with Crippen molar-refractivity contribution in [2.24, 2.45) is 0 Å². The Labute approximate surface area is 183 Å². The molecule has 0 spiro atoms. The van der Waals surface area contributed by atoms with Crippen molar-refractivity contribution in [3.8, 4) is 17.0 Å². The molecule has 0 radical (unpaired) electrons. The van der Waals surface area contributed by atoms with Gasteiger partial charge >= 0.3 is 0 Å². The highest BCUT2D eigenvalue weighted by Gasteiger charge is 2.23. The van der Waals surface area contributed by atoms with Gasteiger partial charge in [0.2, 0.25) is 5.95 Å². The molecule has 0 aliphatic rings. The maximum absolute atomic E-state index is 12.8. The number of sulfonamides is 1. The summed E-state index contributed by atoms with van der Waals surface area (Å²) in [5.41, 5.74) is 1.48. The zero-order chi connectivity index (χ0) is 22.7. The van der Waals surface area contributed by atoms with E-state index in [9.17, 15) is 18.3 Å². The molecule has 2 aromatic heterocycles.